The second-order valence-electron chi connectivity index (χ2n) is 4.52. The van der Waals surface area contributed by atoms with E-state index >= 15 is 0 Å². The van der Waals surface area contributed by atoms with Gasteiger partial charge in [-0.3, -0.25) is 5.10 Å². The van der Waals surface area contributed by atoms with Gasteiger partial charge < -0.3 is 5.32 Å². The zero-order valence-corrected chi connectivity index (χ0v) is 11.9. The van der Waals surface area contributed by atoms with Gasteiger partial charge in [-0.25, -0.2) is 4.98 Å². The van der Waals surface area contributed by atoms with E-state index in [1.165, 1.54) is 16.2 Å². The molecule has 0 fully saturated rings. The minimum absolute atomic E-state index is 0.491. The summed E-state index contributed by atoms with van der Waals surface area (Å²) >= 11 is 3.86. The van der Waals surface area contributed by atoms with Gasteiger partial charge in [-0.15, -0.1) is 23.1 Å². The zero-order valence-electron chi connectivity index (χ0n) is 10.2. The number of thioether (sulfide) groups is 1. The van der Waals surface area contributed by atoms with Crippen LogP contribution in [0.3, 0.4) is 0 Å². The predicted molar refractivity (Wildman–Crippen MR) is 75.1 cm³/mol. The lowest BCUT2D eigenvalue weighted by atomic mass is 10.0. The van der Waals surface area contributed by atoms with Crippen LogP contribution in [0, 0.1) is 0 Å². The molecule has 2 aromatic rings. The standard InChI is InChI=1S/C12H16N4S2/c1-8-6-10(9-3-5-17-12(9)18-8)13-4-2-11-14-7-15-16-11/h3,5,7-8,10,13H,2,4,6H2,1H3,(H,14,15,16)/t8-,10?/m0/s1. The Balaban J connectivity index is 1.60. The first-order valence-corrected chi connectivity index (χ1v) is 7.90. The normalized spacial score (nSPS) is 22.9. The molecule has 0 spiro atoms. The SMILES string of the molecule is C[C@H]1CC(NCCc2ncn[nH]2)c2ccsc2S1. The van der Waals surface area contributed by atoms with Gasteiger partial charge >= 0.3 is 0 Å². The van der Waals surface area contributed by atoms with Gasteiger partial charge in [0.1, 0.15) is 12.2 Å². The highest BCUT2D eigenvalue weighted by molar-refractivity contribution is 8.01. The fraction of sp³-hybridized carbons (Fsp3) is 0.500. The summed E-state index contributed by atoms with van der Waals surface area (Å²) in [5.74, 6) is 0.950. The topological polar surface area (TPSA) is 53.6 Å². The van der Waals surface area contributed by atoms with Crippen molar-refractivity contribution in [3.8, 4) is 0 Å². The first-order chi connectivity index (χ1) is 8.83. The Bertz CT molecular complexity index is 494. The van der Waals surface area contributed by atoms with Crippen LogP contribution in [-0.2, 0) is 6.42 Å². The molecule has 6 heteroatoms. The van der Waals surface area contributed by atoms with Crippen LogP contribution in [0.15, 0.2) is 22.0 Å². The van der Waals surface area contributed by atoms with Gasteiger partial charge in [-0.1, -0.05) is 6.92 Å². The molecule has 0 bridgehead atoms. The molecule has 0 saturated carbocycles. The molecule has 0 aromatic carbocycles. The van der Waals surface area contributed by atoms with Crippen molar-refractivity contribution < 1.29 is 0 Å². The number of hydrogen-bond donors (Lipinski definition) is 2. The van der Waals surface area contributed by atoms with Crippen LogP contribution in [0.2, 0.25) is 0 Å². The van der Waals surface area contributed by atoms with Crippen LogP contribution in [-0.4, -0.2) is 27.0 Å². The molecule has 0 amide bonds. The second-order valence-corrected chi connectivity index (χ2v) is 7.14. The molecular formula is C12H16N4S2. The Hall–Kier alpha value is -0.850. The maximum absolute atomic E-state index is 4.14. The van der Waals surface area contributed by atoms with Crippen molar-refractivity contribution in [1.82, 2.24) is 20.5 Å². The molecular weight excluding hydrogens is 264 g/mol. The van der Waals surface area contributed by atoms with Crippen molar-refractivity contribution in [2.75, 3.05) is 6.54 Å². The minimum Gasteiger partial charge on any atom is -0.309 e. The molecule has 0 aliphatic carbocycles. The van der Waals surface area contributed by atoms with Gasteiger partial charge in [0.15, 0.2) is 0 Å². The van der Waals surface area contributed by atoms with Crippen molar-refractivity contribution >= 4 is 23.1 Å². The lowest BCUT2D eigenvalue weighted by molar-refractivity contribution is 0.489. The molecule has 0 saturated heterocycles. The Kier molecular flexibility index (Phi) is 3.67. The summed E-state index contributed by atoms with van der Waals surface area (Å²) in [6, 6.07) is 2.75. The summed E-state index contributed by atoms with van der Waals surface area (Å²) in [4.78, 5) is 4.14. The maximum atomic E-state index is 4.14. The van der Waals surface area contributed by atoms with E-state index < -0.39 is 0 Å². The number of aromatic amines is 1. The van der Waals surface area contributed by atoms with Gasteiger partial charge in [0.2, 0.25) is 0 Å². The number of nitrogens with one attached hydrogen (secondary N) is 2. The third-order valence-corrected chi connectivity index (χ3v) is 5.47. The molecule has 1 unspecified atom stereocenters. The van der Waals surface area contributed by atoms with E-state index in [9.17, 15) is 0 Å². The lowest BCUT2D eigenvalue weighted by Crippen LogP contribution is -2.28. The Morgan fingerprint density at radius 2 is 2.50 bits per heavy atom. The summed E-state index contributed by atoms with van der Waals surface area (Å²) in [6.45, 7) is 3.24. The molecule has 0 radical (unpaired) electrons. The van der Waals surface area contributed by atoms with Gasteiger partial charge in [-0.05, 0) is 23.4 Å². The highest BCUT2D eigenvalue weighted by Crippen LogP contribution is 2.43. The van der Waals surface area contributed by atoms with Crippen molar-refractivity contribution in [3.05, 3.63) is 29.2 Å². The second kappa shape index (κ2) is 5.42. The van der Waals surface area contributed by atoms with Gasteiger partial charge in [0.05, 0.1) is 4.21 Å². The van der Waals surface area contributed by atoms with E-state index in [1.54, 1.807) is 6.33 Å². The monoisotopic (exact) mass is 280 g/mol. The summed E-state index contributed by atoms with van der Waals surface area (Å²) in [7, 11) is 0. The van der Waals surface area contributed by atoms with E-state index in [0.29, 0.717) is 11.3 Å². The fourth-order valence-electron chi connectivity index (χ4n) is 2.26. The summed E-state index contributed by atoms with van der Waals surface area (Å²) in [6.07, 6.45) is 3.66. The summed E-state index contributed by atoms with van der Waals surface area (Å²) in [5, 5.41) is 13.3. The van der Waals surface area contributed by atoms with Crippen LogP contribution in [0.25, 0.3) is 0 Å². The molecule has 18 heavy (non-hydrogen) atoms. The largest absolute Gasteiger partial charge is 0.309 e. The zero-order chi connectivity index (χ0) is 12.4. The van der Waals surface area contributed by atoms with Crippen molar-refractivity contribution in [3.63, 3.8) is 0 Å². The predicted octanol–water partition coefficient (Wildman–Crippen LogP) is 2.62. The highest BCUT2D eigenvalue weighted by Gasteiger charge is 2.25. The number of fused-ring (bicyclic) bond motifs is 1. The van der Waals surface area contributed by atoms with Crippen LogP contribution >= 0.6 is 23.1 Å². The number of hydrogen-bond acceptors (Lipinski definition) is 5. The van der Waals surface area contributed by atoms with Crippen molar-refractivity contribution in [2.45, 2.75) is 35.3 Å². The number of rotatable bonds is 4. The molecule has 4 nitrogen and oxygen atoms in total. The van der Waals surface area contributed by atoms with E-state index in [0.717, 1.165) is 18.8 Å². The molecule has 2 atom stereocenters. The van der Waals surface area contributed by atoms with Gasteiger partial charge in [-0.2, -0.15) is 5.10 Å². The number of thiophene rings is 1. The summed E-state index contributed by atoms with van der Waals surface area (Å²) in [5.41, 5.74) is 1.47. The van der Waals surface area contributed by atoms with Crippen molar-refractivity contribution in [1.29, 1.82) is 0 Å². The van der Waals surface area contributed by atoms with Crippen LogP contribution in [0.5, 0.6) is 0 Å². The molecule has 3 heterocycles. The van der Waals surface area contributed by atoms with Crippen molar-refractivity contribution in [2.24, 2.45) is 0 Å². The molecule has 1 aliphatic heterocycles. The van der Waals surface area contributed by atoms with E-state index in [4.69, 9.17) is 0 Å². The number of aromatic nitrogens is 3. The van der Waals surface area contributed by atoms with Gasteiger partial charge in [0, 0.05) is 24.3 Å². The van der Waals surface area contributed by atoms with Crippen LogP contribution in [0.4, 0.5) is 0 Å². The van der Waals surface area contributed by atoms with Gasteiger partial charge in [0.25, 0.3) is 0 Å². The molecule has 3 rings (SSSR count). The number of H-pyrrole nitrogens is 1. The lowest BCUT2D eigenvalue weighted by Gasteiger charge is -2.27. The number of nitrogens with zero attached hydrogens (tertiary/aromatic N) is 2. The fourth-order valence-corrected chi connectivity index (χ4v) is 4.83. The first kappa shape index (κ1) is 12.2. The average molecular weight is 280 g/mol. The summed E-state index contributed by atoms with van der Waals surface area (Å²) < 4.78 is 1.48. The first-order valence-electron chi connectivity index (χ1n) is 6.14. The maximum Gasteiger partial charge on any atom is 0.137 e. The third kappa shape index (κ3) is 2.60. The van der Waals surface area contributed by atoms with Crippen LogP contribution in [0.1, 0.15) is 30.8 Å². The van der Waals surface area contributed by atoms with E-state index in [-0.39, 0.29) is 0 Å². The average Bonchev–Trinajstić information content (AvgIpc) is 2.98. The van der Waals surface area contributed by atoms with Crippen LogP contribution < -0.4 is 5.32 Å². The minimum atomic E-state index is 0.491. The Labute approximate surface area is 115 Å². The third-order valence-electron chi connectivity index (χ3n) is 3.13. The Morgan fingerprint density at radius 1 is 1.56 bits per heavy atom. The molecule has 2 aromatic heterocycles. The van der Waals surface area contributed by atoms with E-state index in [2.05, 4.69) is 38.9 Å². The molecule has 2 N–H and O–H groups in total. The Morgan fingerprint density at radius 3 is 3.33 bits per heavy atom. The molecule has 96 valence electrons. The van der Waals surface area contributed by atoms with E-state index in [1.807, 2.05) is 23.1 Å². The smallest absolute Gasteiger partial charge is 0.137 e. The molecule has 1 aliphatic rings. The quantitative estimate of drug-likeness (QED) is 0.904. The highest BCUT2D eigenvalue weighted by atomic mass is 32.2.